The van der Waals surface area contributed by atoms with Gasteiger partial charge >= 0.3 is 6.03 Å². The van der Waals surface area contributed by atoms with Gasteiger partial charge in [-0.15, -0.1) is 0 Å². The van der Waals surface area contributed by atoms with E-state index in [9.17, 15) is 14.7 Å². The van der Waals surface area contributed by atoms with Crippen molar-refractivity contribution in [2.75, 3.05) is 19.8 Å². The van der Waals surface area contributed by atoms with Crippen LogP contribution in [0, 0.1) is 17.3 Å². The summed E-state index contributed by atoms with van der Waals surface area (Å²) in [5, 5.41) is 12.8. The Morgan fingerprint density at radius 2 is 1.73 bits per heavy atom. The van der Waals surface area contributed by atoms with Gasteiger partial charge in [0.05, 0.1) is 12.8 Å². The molecule has 1 spiro atoms. The number of carbonyl (C=O) groups excluding carboxylic acids is 2. The predicted molar refractivity (Wildman–Crippen MR) is 100 cm³/mol. The zero-order valence-electron chi connectivity index (χ0n) is 16.8. The molecule has 2 heterocycles. The molecule has 1 unspecified atom stereocenters. The van der Waals surface area contributed by atoms with E-state index in [0.717, 1.165) is 51.6 Å². The maximum absolute atomic E-state index is 13.1. The standard InChI is InChI=1S/C20H35N3O3/c1-14(24)15-7-11-22(12-8-15)13-23-17(25)20(21-18(23)26)9-5-16(6-10-20)19(2,3)4/h14-16,24H,5-13H2,1-4H3,(H,21,26). The van der Waals surface area contributed by atoms with Crippen molar-refractivity contribution in [3.05, 3.63) is 0 Å². The fourth-order valence-electron chi connectivity index (χ4n) is 4.90. The average Bonchev–Trinajstić information content (AvgIpc) is 2.79. The molecule has 0 aromatic rings. The molecule has 148 valence electrons. The van der Waals surface area contributed by atoms with E-state index >= 15 is 0 Å². The number of rotatable bonds is 3. The zero-order valence-corrected chi connectivity index (χ0v) is 16.8. The van der Waals surface area contributed by atoms with Crippen LogP contribution in [0.15, 0.2) is 0 Å². The van der Waals surface area contributed by atoms with Crippen molar-refractivity contribution in [3.63, 3.8) is 0 Å². The average molecular weight is 366 g/mol. The number of nitrogens with one attached hydrogen (secondary N) is 1. The third-order valence-electron chi connectivity index (χ3n) is 6.97. The van der Waals surface area contributed by atoms with Gasteiger partial charge in [0.2, 0.25) is 0 Å². The second-order valence-electron chi connectivity index (χ2n) is 9.72. The number of aliphatic hydroxyl groups is 1. The number of aliphatic hydroxyl groups excluding tert-OH is 1. The smallest absolute Gasteiger partial charge is 0.326 e. The zero-order chi connectivity index (χ0) is 19.1. The van der Waals surface area contributed by atoms with Crippen molar-refractivity contribution in [3.8, 4) is 0 Å². The Balaban J connectivity index is 1.58. The molecule has 3 amide bonds. The summed E-state index contributed by atoms with van der Waals surface area (Å²) in [6, 6.07) is -0.234. The largest absolute Gasteiger partial charge is 0.393 e. The summed E-state index contributed by atoms with van der Waals surface area (Å²) in [5.41, 5.74) is -0.419. The molecule has 3 rings (SSSR count). The van der Waals surface area contributed by atoms with Crippen molar-refractivity contribution in [1.29, 1.82) is 0 Å². The van der Waals surface area contributed by atoms with Gasteiger partial charge in [0, 0.05) is 13.1 Å². The molecule has 6 heteroatoms. The van der Waals surface area contributed by atoms with Crippen LogP contribution in [0.4, 0.5) is 4.79 Å². The molecule has 1 aliphatic carbocycles. The summed E-state index contributed by atoms with van der Waals surface area (Å²) in [6.45, 7) is 10.6. The molecule has 2 aliphatic heterocycles. The van der Waals surface area contributed by atoms with Gasteiger partial charge in [-0.05, 0) is 62.7 Å². The minimum absolute atomic E-state index is 0.0347. The molecule has 3 aliphatic rings. The number of nitrogens with zero attached hydrogens (tertiary/aromatic N) is 2. The quantitative estimate of drug-likeness (QED) is 0.754. The van der Waals surface area contributed by atoms with E-state index in [1.165, 1.54) is 4.90 Å². The van der Waals surface area contributed by atoms with Crippen LogP contribution >= 0.6 is 0 Å². The van der Waals surface area contributed by atoms with Crippen LogP contribution in [0.3, 0.4) is 0 Å². The summed E-state index contributed by atoms with van der Waals surface area (Å²) >= 11 is 0. The predicted octanol–water partition coefficient (Wildman–Crippen LogP) is 2.56. The fourth-order valence-corrected chi connectivity index (χ4v) is 4.90. The molecule has 1 saturated carbocycles. The number of hydrogen-bond acceptors (Lipinski definition) is 4. The molecular weight excluding hydrogens is 330 g/mol. The topological polar surface area (TPSA) is 72.9 Å². The van der Waals surface area contributed by atoms with Gasteiger partial charge < -0.3 is 10.4 Å². The lowest BCUT2D eigenvalue weighted by molar-refractivity contribution is -0.134. The highest BCUT2D eigenvalue weighted by Gasteiger charge is 2.53. The number of imide groups is 1. The van der Waals surface area contributed by atoms with Gasteiger partial charge in [-0.25, -0.2) is 9.69 Å². The first kappa shape index (κ1) is 19.6. The molecule has 0 radical (unpaired) electrons. The molecule has 2 N–H and O–H groups in total. The maximum atomic E-state index is 13.1. The lowest BCUT2D eigenvalue weighted by Gasteiger charge is -2.40. The summed E-state index contributed by atoms with van der Waals surface area (Å²) in [5.74, 6) is 0.896. The number of hydrogen-bond donors (Lipinski definition) is 2. The van der Waals surface area contributed by atoms with Crippen LogP contribution in [0.1, 0.15) is 66.2 Å². The Labute approximate surface area is 157 Å². The van der Waals surface area contributed by atoms with Crippen molar-refractivity contribution in [1.82, 2.24) is 15.1 Å². The van der Waals surface area contributed by atoms with Gasteiger partial charge in [0.25, 0.3) is 5.91 Å². The lowest BCUT2D eigenvalue weighted by atomic mass is 9.67. The van der Waals surface area contributed by atoms with Crippen LogP contribution < -0.4 is 5.32 Å². The molecule has 0 bridgehead atoms. The Kier molecular flexibility index (Phi) is 5.37. The number of piperidine rings is 1. The second-order valence-corrected chi connectivity index (χ2v) is 9.72. The Bertz CT molecular complexity index is 539. The minimum atomic E-state index is -0.670. The van der Waals surface area contributed by atoms with Gasteiger partial charge in [-0.3, -0.25) is 9.69 Å². The van der Waals surface area contributed by atoms with Gasteiger partial charge in [-0.2, -0.15) is 0 Å². The monoisotopic (exact) mass is 365 g/mol. The Morgan fingerprint density at radius 1 is 1.15 bits per heavy atom. The van der Waals surface area contributed by atoms with Crippen LogP contribution in [0.25, 0.3) is 0 Å². The van der Waals surface area contributed by atoms with Crippen molar-refractivity contribution >= 4 is 11.9 Å². The summed E-state index contributed by atoms with van der Waals surface area (Å²) < 4.78 is 0. The molecule has 1 atom stereocenters. The van der Waals surface area contributed by atoms with E-state index in [-0.39, 0.29) is 23.5 Å². The van der Waals surface area contributed by atoms with E-state index in [4.69, 9.17) is 0 Å². The summed E-state index contributed by atoms with van der Waals surface area (Å²) in [4.78, 5) is 29.2. The van der Waals surface area contributed by atoms with Crippen LogP contribution in [0.2, 0.25) is 0 Å². The first-order valence-corrected chi connectivity index (χ1v) is 10.2. The lowest BCUT2D eigenvalue weighted by Crippen LogP contribution is -2.51. The summed E-state index contributed by atoms with van der Waals surface area (Å²) in [7, 11) is 0. The molecule has 2 saturated heterocycles. The highest BCUT2D eigenvalue weighted by Crippen LogP contribution is 2.43. The Hall–Kier alpha value is -1.14. The third kappa shape index (κ3) is 3.77. The second kappa shape index (κ2) is 7.12. The van der Waals surface area contributed by atoms with Gasteiger partial charge in [-0.1, -0.05) is 20.8 Å². The fraction of sp³-hybridized carbons (Fsp3) is 0.900. The maximum Gasteiger partial charge on any atom is 0.326 e. The molecular formula is C20H35N3O3. The molecule has 0 aromatic carbocycles. The van der Waals surface area contributed by atoms with Crippen molar-refractivity contribution in [2.24, 2.45) is 17.3 Å². The number of carbonyl (C=O) groups is 2. The van der Waals surface area contributed by atoms with E-state index in [0.29, 0.717) is 18.5 Å². The molecule has 6 nitrogen and oxygen atoms in total. The highest BCUT2D eigenvalue weighted by atomic mass is 16.3. The van der Waals surface area contributed by atoms with Gasteiger partial charge in [0.15, 0.2) is 0 Å². The number of amides is 3. The highest BCUT2D eigenvalue weighted by molar-refractivity contribution is 6.07. The van der Waals surface area contributed by atoms with Crippen molar-refractivity contribution in [2.45, 2.75) is 77.9 Å². The first-order valence-electron chi connectivity index (χ1n) is 10.2. The molecule has 0 aromatic heterocycles. The molecule has 3 fully saturated rings. The normalized spacial score (nSPS) is 33.0. The SMILES string of the molecule is CC(O)C1CCN(CN2C(=O)NC3(CCC(C(C)(C)C)CC3)C2=O)CC1. The van der Waals surface area contributed by atoms with E-state index in [1.807, 2.05) is 6.92 Å². The summed E-state index contributed by atoms with van der Waals surface area (Å²) in [6.07, 6.45) is 5.03. The number of urea groups is 1. The first-order chi connectivity index (χ1) is 12.1. The molecule has 26 heavy (non-hydrogen) atoms. The third-order valence-corrected chi connectivity index (χ3v) is 6.97. The Morgan fingerprint density at radius 3 is 2.23 bits per heavy atom. The van der Waals surface area contributed by atoms with Gasteiger partial charge in [0.1, 0.15) is 5.54 Å². The minimum Gasteiger partial charge on any atom is -0.393 e. The van der Waals surface area contributed by atoms with Crippen LogP contribution in [0.5, 0.6) is 0 Å². The van der Waals surface area contributed by atoms with E-state index in [2.05, 4.69) is 31.0 Å². The van der Waals surface area contributed by atoms with E-state index < -0.39 is 5.54 Å². The van der Waals surface area contributed by atoms with Crippen molar-refractivity contribution < 1.29 is 14.7 Å². The van der Waals surface area contributed by atoms with E-state index in [1.54, 1.807) is 0 Å². The van der Waals surface area contributed by atoms with Crippen LogP contribution in [-0.4, -0.2) is 58.2 Å². The van der Waals surface area contributed by atoms with Crippen LogP contribution in [-0.2, 0) is 4.79 Å². The number of likely N-dealkylation sites (tertiary alicyclic amines) is 1.